The highest BCUT2D eigenvalue weighted by Crippen LogP contribution is 2.25. The number of carbonyl (C=O) groups is 1. The minimum atomic E-state index is -0.165. The number of hydrogen-bond donors (Lipinski definition) is 1. The van der Waals surface area contributed by atoms with Gasteiger partial charge in [-0.2, -0.15) is 0 Å². The molecular formula is C20H27N3O4. The van der Waals surface area contributed by atoms with Crippen LogP contribution in [-0.4, -0.2) is 62.4 Å². The summed E-state index contributed by atoms with van der Waals surface area (Å²) in [5, 5.41) is 3.07. The molecule has 0 saturated carbocycles. The van der Waals surface area contributed by atoms with Crippen molar-refractivity contribution in [1.82, 2.24) is 14.8 Å². The summed E-state index contributed by atoms with van der Waals surface area (Å²) in [6.45, 7) is 3.61. The van der Waals surface area contributed by atoms with Gasteiger partial charge in [-0.25, -0.2) is 0 Å². The van der Waals surface area contributed by atoms with Crippen molar-refractivity contribution in [3.8, 4) is 11.5 Å². The van der Waals surface area contributed by atoms with E-state index in [0.29, 0.717) is 36.8 Å². The number of nitrogens with one attached hydrogen (secondary N) is 1. The molecule has 0 aliphatic carbocycles. The number of nitrogens with zero attached hydrogens (tertiary/aromatic N) is 2. The molecule has 0 bridgehead atoms. The second-order valence-electron chi connectivity index (χ2n) is 6.48. The third kappa shape index (κ3) is 4.43. The minimum absolute atomic E-state index is 0.0853. The van der Waals surface area contributed by atoms with Crippen LogP contribution in [0.3, 0.4) is 0 Å². The monoisotopic (exact) mass is 373 g/mol. The second-order valence-corrected chi connectivity index (χ2v) is 6.48. The van der Waals surface area contributed by atoms with Crippen LogP contribution < -0.4 is 14.8 Å². The Morgan fingerprint density at radius 1 is 1.22 bits per heavy atom. The van der Waals surface area contributed by atoms with E-state index in [1.165, 1.54) is 5.69 Å². The lowest BCUT2D eigenvalue weighted by Gasteiger charge is -2.35. The van der Waals surface area contributed by atoms with Crippen LogP contribution in [0.5, 0.6) is 11.5 Å². The number of aryl methyl sites for hydroxylation is 1. The molecule has 2 heterocycles. The van der Waals surface area contributed by atoms with Gasteiger partial charge in [0.2, 0.25) is 0 Å². The number of aromatic nitrogens is 1. The maximum Gasteiger partial charge on any atom is 0.255 e. The molecule has 1 fully saturated rings. The molecule has 3 rings (SSSR count). The maximum atomic E-state index is 12.8. The molecule has 1 atom stereocenters. The van der Waals surface area contributed by atoms with E-state index in [4.69, 9.17) is 14.2 Å². The van der Waals surface area contributed by atoms with Crippen molar-refractivity contribution in [3.05, 3.63) is 47.8 Å². The summed E-state index contributed by atoms with van der Waals surface area (Å²) in [7, 11) is 5.16. The lowest BCUT2D eigenvalue weighted by Crippen LogP contribution is -2.44. The number of carbonyl (C=O) groups excluding carboxylic acids is 1. The van der Waals surface area contributed by atoms with Crippen LogP contribution in [0.1, 0.15) is 22.1 Å². The lowest BCUT2D eigenvalue weighted by atomic mass is 10.1. The van der Waals surface area contributed by atoms with Crippen LogP contribution in [0.4, 0.5) is 0 Å². The van der Waals surface area contributed by atoms with Gasteiger partial charge in [0.25, 0.3) is 5.91 Å². The van der Waals surface area contributed by atoms with Crippen LogP contribution in [0.15, 0.2) is 36.5 Å². The zero-order valence-corrected chi connectivity index (χ0v) is 16.1. The van der Waals surface area contributed by atoms with Gasteiger partial charge in [-0.1, -0.05) is 0 Å². The number of benzene rings is 1. The lowest BCUT2D eigenvalue weighted by molar-refractivity contribution is 0.0148. The Morgan fingerprint density at radius 3 is 2.63 bits per heavy atom. The fourth-order valence-electron chi connectivity index (χ4n) is 3.40. The van der Waals surface area contributed by atoms with Crippen molar-refractivity contribution in [2.24, 2.45) is 7.05 Å². The van der Waals surface area contributed by atoms with Crippen molar-refractivity contribution < 1.29 is 19.0 Å². The average molecular weight is 373 g/mol. The van der Waals surface area contributed by atoms with E-state index in [2.05, 4.69) is 20.9 Å². The summed E-state index contributed by atoms with van der Waals surface area (Å²) < 4.78 is 18.1. The molecule has 146 valence electrons. The summed E-state index contributed by atoms with van der Waals surface area (Å²) in [5.41, 5.74) is 1.66. The Kier molecular flexibility index (Phi) is 6.36. The zero-order valence-electron chi connectivity index (χ0n) is 16.1. The number of methoxy groups -OCH3 is 2. The molecule has 1 aliphatic rings. The molecule has 7 heteroatoms. The molecule has 1 aliphatic heterocycles. The van der Waals surface area contributed by atoms with Crippen LogP contribution in [-0.2, 0) is 11.8 Å². The smallest absolute Gasteiger partial charge is 0.255 e. The van der Waals surface area contributed by atoms with Crippen molar-refractivity contribution in [1.29, 1.82) is 0 Å². The van der Waals surface area contributed by atoms with Gasteiger partial charge < -0.3 is 24.1 Å². The second kappa shape index (κ2) is 8.92. The fourth-order valence-corrected chi connectivity index (χ4v) is 3.40. The molecule has 1 unspecified atom stereocenters. The molecule has 1 aromatic carbocycles. The number of morpholine rings is 1. The maximum absolute atomic E-state index is 12.8. The van der Waals surface area contributed by atoms with Crippen molar-refractivity contribution in [3.63, 3.8) is 0 Å². The molecular weight excluding hydrogens is 346 g/mol. The summed E-state index contributed by atoms with van der Waals surface area (Å²) >= 11 is 0. The fraction of sp³-hybridized carbons (Fsp3) is 0.450. The van der Waals surface area contributed by atoms with Gasteiger partial charge in [0.1, 0.15) is 11.5 Å². The van der Waals surface area contributed by atoms with Gasteiger partial charge in [0.05, 0.1) is 39.0 Å². The van der Waals surface area contributed by atoms with Crippen molar-refractivity contribution in [2.45, 2.75) is 6.04 Å². The van der Waals surface area contributed by atoms with E-state index in [-0.39, 0.29) is 11.9 Å². The highest BCUT2D eigenvalue weighted by atomic mass is 16.5. The third-order valence-electron chi connectivity index (χ3n) is 4.92. The number of rotatable bonds is 7. The quantitative estimate of drug-likeness (QED) is 0.802. The molecule has 27 heavy (non-hydrogen) atoms. The van der Waals surface area contributed by atoms with E-state index in [0.717, 1.165) is 13.1 Å². The summed E-state index contributed by atoms with van der Waals surface area (Å²) in [5.74, 6) is 0.981. The first kappa shape index (κ1) is 19.3. The first-order chi connectivity index (χ1) is 13.1. The average Bonchev–Trinajstić information content (AvgIpc) is 3.14. The third-order valence-corrected chi connectivity index (χ3v) is 4.92. The van der Waals surface area contributed by atoms with Crippen molar-refractivity contribution >= 4 is 5.91 Å². The Bertz CT molecular complexity index is 768. The predicted octanol–water partition coefficient (Wildman–Crippen LogP) is 1.85. The Morgan fingerprint density at radius 2 is 2.00 bits per heavy atom. The number of hydrogen-bond acceptors (Lipinski definition) is 5. The van der Waals surface area contributed by atoms with Gasteiger partial charge >= 0.3 is 0 Å². The van der Waals surface area contributed by atoms with E-state index < -0.39 is 0 Å². The van der Waals surface area contributed by atoms with Gasteiger partial charge in [0.15, 0.2) is 0 Å². The van der Waals surface area contributed by atoms with E-state index in [9.17, 15) is 4.79 Å². The first-order valence-electron chi connectivity index (χ1n) is 9.07. The van der Waals surface area contributed by atoms with Crippen LogP contribution in [0.25, 0.3) is 0 Å². The molecule has 7 nitrogen and oxygen atoms in total. The van der Waals surface area contributed by atoms with Gasteiger partial charge in [-0.15, -0.1) is 0 Å². The topological polar surface area (TPSA) is 65.0 Å². The summed E-state index contributed by atoms with van der Waals surface area (Å²) in [6.07, 6.45) is 2.02. The Hall–Kier alpha value is -2.51. The first-order valence-corrected chi connectivity index (χ1v) is 9.07. The molecule has 1 amide bonds. The molecule has 2 aromatic rings. The SMILES string of the molecule is COc1ccc(C(=O)NCC(c2cccn2C)N2CCOCC2)c(OC)c1. The van der Waals surface area contributed by atoms with E-state index in [1.807, 2.05) is 19.3 Å². The highest BCUT2D eigenvalue weighted by molar-refractivity contribution is 5.97. The standard InChI is InChI=1S/C20H27N3O4/c1-22-8-4-5-17(22)18(23-9-11-27-12-10-23)14-21-20(24)16-7-6-15(25-2)13-19(16)26-3/h4-8,13,18H,9-12,14H2,1-3H3,(H,21,24). The minimum Gasteiger partial charge on any atom is -0.497 e. The van der Waals surface area contributed by atoms with Gasteiger partial charge in [0, 0.05) is 44.6 Å². The molecule has 1 N–H and O–H groups in total. The summed E-state index contributed by atoms with van der Waals surface area (Å²) in [4.78, 5) is 15.1. The highest BCUT2D eigenvalue weighted by Gasteiger charge is 2.25. The van der Waals surface area contributed by atoms with Crippen LogP contribution in [0, 0.1) is 0 Å². The molecule has 1 saturated heterocycles. The zero-order chi connectivity index (χ0) is 19.2. The summed E-state index contributed by atoms with van der Waals surface area (Å²) in [6, 6.07) is 9.40. The largest absolute Gasteiger partial charge is 0.497 e. The Balaban J connectivity index is 1.75. The molecule has 0 radical (unpaired) electrons. The number of ether oxygens (including phenoxy) is 3. The van der Waals surface area contributed by atoms with Crippen molar-refractivity contribution in [2.75, 3.05) is 47.1 Å². The van der Waals surface area contributed by atoms with Gasteiger partial charge in [-0.3, -0.25) is 9.69 Å². The normalized spacial score (nSPS) is 16.0. The van der Waals surface area contributed by atoms with E-state index in [1.54, 1.807) is 32.4 Å². The number of amides is 1. The molecule has 1 aromatic heterocycles. The molecule has 0 spiro atoms. The van der Waals surface area contributed by atoms with E-state index >= 15 is 0 Å². The van der Waals surface area contributed by atoms with Gasteiger partial charge in [-0.05, 0) is 24.3 Å². The predicted molar refractivity (Wildman–Crippen MR) is 102 cm³/mol. The Labute approximate surface area is 159 Å². The van der Waals surface area contributed by atoms with Crippen LogP contribution in [0.2, 0.25) is 0 Å². The van der Waals surface area contributed by atoms with Crippen LogP contribution >= 0.6 is 0 Å².